The standard InChI is InChI=1S/C37H51N8O10P/c1-24(33(48)43-38)41-34(49)29-16-10-19-45(29)36(51)25(2)40-30(46)17-20-56(53,54)31(21-26-11-5-3-6-12-26)42-35(50)28-15-9-18-44(28)32(47)22-39-37(52)55-23-27-13-7-4-8-14-27/h3-8,11-14,24-25,28-29,31H,9-10,15-23,38H2,1-2H3,(H,39,52)(H,40,46)(H,41,49)(H,42,50)(H,43,48)(H,53,54)/t24-,25-,28-,29-,31?/m0/s1. The Morgan fingerprint density at radius 3 is 2.02 bits per heavy atom. The Bertz CT molecular complexity index is 1770. The van der Waals surface area contributed by atoms with Crippen LogP contribution in [0.5, 0.6) is 0 Å². The average molecular weight is 799 g/mol. The number of ether oxygens (including phenoxy) is 1. The van der Waals surface area contributed by atoms with Gasteiger partial charge < -0.3 is 40.7 Å². The summed E-state index contributed by atoms with van der Waals surface area (Å²) in [6.07, 6.45) is -0.175. The van der Waals surface area contributed by atoms with Gasteiger partial charge in [0.25, 0.3) is 5.91 Å². The number of amides is 7. The number of nitrogens with two attached hydrogens (primary N) is 1. The first-order valence-corrected chi connectivity index (χ1v) is 20.4. The molecule has 2 aliphatic rings. The van der Waals surface area contributed by atoms with Crippen molar-refractivity contribution in [2.75, 3.05) is 25.8 Å². The van der Waals surface area contributed by atoms with E-state index < -0.39 is 98.0 Å². The molecule has 8 N–H and O–H groups in total. The molecule has 2 saturated heterocycles. The Morgan fingerprint density at radius 1 is 0.821 bits per heavy atom. The highest BCUT2D eigenvalue weighted by Gasteiger charge is 2.40. The summed E-state index contributed by atoms with van der Waals surface area (Å²) in [5, 5.41) is 10.1. The Kier molecular flexibility index (Phi) is 15.9. The summed E-state index contributed by atoms with van der Waals surface area (Å²) >= 11 is 0. The average Bonchev–Trinajstić information content (AvgIpc) is 3.90. The fourth-order valence-electron chi connectivity index (χ4n) is 6.60. The van der Waals surface area contributed by atoms with E-state index >= 15 is 0 Å². The SMILES string of the molecule is C[C@H](NC(=O)[C@@H]1CCCN1C(=O)[C@H](C)NC(=O)CCP(=O)(O)C(Cc1ccccc1)NC(=O)[C@@H]1CCCN1C(=O)CNC(=O)OCc1ccccc1)C(=O)NN. The molecule has 304 valence electrons. The van der Waals surface area contributed by atoms with E-state index in [2.05, 4.69) is 21.3 Å². The fraction of sp³-hybridized carbons (Fsp3) is 0.486. The lowest BCUT2D eigenvalue weighted by molar-refractivity contribution is -0.141. The molecule has 2 unspecified atom stereocenters. The predicted molar refractivity (Wildman–Crippen MR) is 203 cm³/mol. The number of hydrazine groups is 1. The van der Waals surface area contributed by atoms with E-state index in [0.29, 0.717) is 31.2 Å². The molecule has 0 radical (unpaired) electrons. The number of alkyl carbamates (subject to hydrolysis) is 1. The van der Waals surface area contributed by atoms with E-state index in [1.165, 1.54) is 23.6 Å². The zero-order valence-electron chi connectivity index (χ0n) is 31.5. The highest BCUT2D eigenvalue weighted by atomic mass is 31.2. The largest absolute Gasteiger partial charge is 0.445 e. The molecule has 6 atom stereocenters. The highest BCUT2D eigenvalue weighted by molar-refractivity contribution is 7.58. The van der Waals surface area contributed by atoms with Gasteiger partial charge in [-0.05, 0) is 50.7 Å². The van der Waals surface area contributed by atoms with E-state index in [9.17, 15) is 43.0 Å². The first-order chi connectivity index (χ1) is 26.7. The summed E-state index contributed by atoms with van der Waals surface area (Å²) in [7, 11) is -4.31. The number of benzene rings is 2. The third-order valence-electron chi connectivity index (χ3n) is 9.68. The second-order valence-corrected chi connectivity index (χ2v) is 16.4. The minimum absolute atomic E-state index is 0.0104. The lowest BCUT2D eigenvalue weighted by Crippen LogP contribution is -2.55. The summed E-state index contributed by atoms with van der Waals surface area (Å²) in [5.41, 5.74) is 3.36. The summed E-state index contributed by atoms with van der Waals surface area (Å²) < 4.78 is 19.1. The van der Waals surface area contributed by atoms with Crippen LogP contribution in [0.15, 0.2) is 60.7 Å². The molecule has 2 aliphatic heterocycles. The van der Waals surface area contributed by atoms with E-state index in [1.54, 1.807) is 54.6 Å². The van der Waals surface area contributed by atoms with Crippen LogP contribution in [0.2, 0.25) is 0 Å². The number of nitrogens with zero attached hydrogens (tertiary/aromatic N) is 2. The van der Waals surface area contributed by atoms with Crippen molar-refractivity contribution in [2.24, 2.45) is 5.84 Å². The molecular formula is C37H51N8O10P. The van der Waals surface area contributed by atoms with Gasteiger partial charge in [0.1, 0.15) is 43.1 Å². The number of hydrogen-bond donors (Lipinski definition) is 7. The molecule has 2 fully saturated rings. The summed E-state index contributed by atoms with van der Waals surface area (Å²) in [5.74, 6) is 0.250. The van der Waals surface area contributed by atoms with E-state index in [1.807, 2.05) is 11.5 Å². The maximum atomic E-state index is 13.9. The molecule has 0 bridgehead atoms. The Labute approximate surface area is 325 Å². The second kappa shape index (κ2) is 20.6. The third kappa shape index (κ3) is 12.3. The van der Waals surface area contributed by atoms with Gasteiger partial charge in [-0.25, -0.2) is 10.6 Å². The van der Waals surface area contributed by atoms with Crippen LogP contribution >= 0.6 is 7.37 Å². The van der Waals surface area contributed by atoms with Crippen LogP contribution < -0.4 is 32.5 Å². The number of likely N-dealkylation sites (tertiary alicyclic amines) is 2. The number of nitrogens with one attached hydrogen (secondary N) is 5. The number of hydrogen-bond acceptors (Lipinski definition) is 10. The maximum Gasteiger partial charge on any atom is 0.407 e. The molecule has 2 aromatic carbocycles. The zero-order valence-corrected chi connectivity index (χ0v) is 32.4. The molecule has 4 rings (SSSR count). The first kappa shape index (κ1) is 43.4. The van der Waals surface area contributed by atoms with Crippen molar-refractivity contribution >= 4 is 48.9 Å². The van der Waals surface area contributed by atoms with Crippen LogP contribution in [0.1, 0.15) is 57.1 Å². The number of carbonyl (C=O) groups excluding carboxylic acids is 7. The van der Waals surface area contributed by atoms with Crippen molar-refractivity contribution in [3.8, 4) is 0 Å². The summed E-state index contributed by atoms with van der Waals surface area (Å²) in [6.45, 7) is 2.96. The van der Waals surface area contributed by atoms with Gasteiger partial charge in [0.15, 0.2) is 0 Å². The van der Waals surface area contributed by atoms with E-state index in [4.69, 9.17) is 10.6 Å². The minimum atomic E-state index is -4.31. The first-order valence-electron chi connectivity index (χ1n) is 18.5. The van der Waals surface area contributed by atoms with Gasteiger partial charge in [-0.15, -0.1) is 0 Å². The Morgan fingerprint density at radius 2 is 1.39 bits per heavy atom. The molecule has 7 amide bonds. The minimum Gasteiger partial charge on any atom is -0.445 e. The Hall–Kier alpha value is -5.32. The second-order valence-electron chi connectivity index (χ2n) is 13.8. The molecule has 0 saturated carbocycles. The van der Waals surface area contributed by atoms with Crippen LogP contribution in [0, 0.1) is 0 Å². The predicted octanol–water partition coefficient (Wildman–Crippen LogP) is 0.240. The molecule has 2 aromatic rings. The molecule has 2 heterocycles. The van der Waals surface area contributed by atoms with Gasteiger partial charge in [-0.3, -0.25) is 38.8 Å². The lowest BCUT2D eigenvalue weighted by Gasteiger charge is -2.29. The third-order valence-corrected chi connectivity index (χ3v) is 11.8. The van der Waals surface area contributed by atoms with Crippen molar-refractivity contribution in [1.82, 2.24) is 36.5 Å². The molecule has 18 nitrogen and oxygen atoms in total. The molecule has 0 aromatic heterocycles. The van der Waals surface area contributed by atoms with Crippen LogP contribution in [0.25, 0.3) is 0 Å². The van der Waals surface area contributed by atoms with Crippen LogP contribution in [0.4, 0.5) is 4.79 Å². The smallest absolute Gasteiger partial charge is 0.407 e. The quantitative estimate of drug-likeness (QED) is 0.0494. The van der Waals surface area contributed by atoms with Crippen molar-refractivity contribution in [2.45, 2.75) is 88.9 Å². The molecule has 0 aliphatic carbocycles. The van der Waals surface area contributed by atoms with Crippen LogP contribution in [0.3, 0.4) is 0 Å². The van der Waals surface area contributed by atoms with Gasteiger partial charge in [0.05, 0.1) is 0 Å². The lowest BCUT2D eigenvalue weighted by atomic mass is 10.1. The van der Waals surface area contributed by atoms with Crippen LogP contribution in [-0.4, -0.2) is 112 Å². The van der Waals surface area contributed by atoms with Crippen molar-refractivity contribution in [1.29, 1.82) is 0 Å². The van der Waals surface area contributed by atoms with Crippen LogP contribution in [-0.2, 0) is 51.1 Å². The normalized spacial score (nSPS) is 19.1. The van der Waals surface area contributed by atoms with Crippen molar-refractivity contribution in [3.05, 3.63) is 71.8 Å². The van der Waals surface area contributed by atoms with E-state index in [-0.39, 0.29) is 26.1 Å². The Balaban J connectivity index is 1.33. The van der Waals surface area contributed by atoms with Crippen molar-refractivity contribution < 1.29 is 47.8 Å². The molecule has 56 heavy (non-hydrogen) atoms. The maximum absolute atomic E-state index is 13.9. The summed E-state index contributed by atoms with van der Waals surface area (Å²) in [6, 6.07) is 13.9. The van der Waals surface area contributed by atoms with Gasteiger partial charge in [-0.1, -0.05) is 60.7 Å². The van der Waals surface area contributed by atoms with E-state index in [0.717, 1.165) is 5.56 Å². The fourth-order valence-corrected chi connectivity index (χ4v) is 8.26. The monoisotopic (exact) mass is 798 g/mol. The van der Waals surface area contributed by atoms with Gasteiger partial charge in [0, 0.05) is 32.1 Å². The topological polar surface area (TPSA) is 259 Å². The molecule has 0 spiro atoms. The summed E-state index contributed by atoms with van der Waals surface area (Å²) in [4.78, 5) is 104. The number of rotatable bonds is 17. The van der Waals surface area contributed by atoms with Gasteiger partial charge >= 0.3 is 6.09 Å². The zero-order chi connectivity index (χ0) is 40.8. The van der Waals surface area contributed by atoms with Gasteiger partial charge in [-0.2, -0.15) is 0 Å². The number of carbonyl (C=O) groups is 7. The van der Waals surface area contributed by atoms with Gasteiger partial charge in [0.2, 0.25) is 36.9 Å². The molecular weight excluding hydrogens is 747 g/mol. The van der Waals surface area contributed by atoms with Crippen molar-refractivity contribution in [3.63, 3.8) is 0 Å². The molecule has 19 heteroatoms. The highest BCUT2D eigenvalue weighted by Crippen LogP contribution is 2.47.